The van der Waals surface area contributed by atoms with E-state index < -0.39 is 0 Å². The van der Waals surface area contributed by atoms with Gasteiger partial charge in [0.25, 0.3) is 0 Å². The van der Waals surface area contributed by atoms with Crippen molar-refractivity contribution >= 4 is 0 Å². The Balaban J connectivity index is 1.51. The molecule has 2 nitrogen and oxygen atoms in total. The van der Waals surface area contributed by atoms with E-state index in [1.54, 1.807) is 0 Å². The summed E-state index contributed by atoms with van der Waals surface area (Å²) in [4.78, 5) is 5.49. The highest BCUT2D eigenvalue weighted by Crippen LogP contribution is 2.43. The molecule has 2 heteroatoms. The van der Waals surface area contributed by atoms with Crippen LogP contribution in [0.1, 0.15) is 65.7 Å². The Kier molecular flexibility index (Phi) is 3.68. The second-order valence-electron chi connectivity index (χ2n) is 8.28. The quantitative estimate of drug-likeness (QED) is 0.715. The summed E-state index contributed by atoms with van der Waals surface area (Å²) in [6.07, 6.45) is 10.3. The van der Waals surface area contributed by atoms with Crippen molar-refractivity contribution in [1.29, 1.82) is 0 Å². The van der Waals surface area contributed by atoms with Crippen LogP contribution in [-0.2, 0) is 0 Å². The van der Waals surface area contributed by atoms with Gasteiger partial charge < -0.3 is 4.90 Å². The Bertz CT molecular complexity index is 296. The Morgan fingerprint density at radius 3 is 1.79 bits per heavy atom. The first-order valence-electron chi connectivity index (χ1n) is 8.48. The molecule has 3 aliphatic rings. The summed E-state index contributed by atoms with van der Waals surface area (Å²) >= 11 is 0. The van der Waals surface area contributed by atoms with E-state index in [4.69, 9.17) is 0 Å². The normalized spacial score (nSPS) is 30.5. The fraction of sp³-hybridized carbons (Fsp3) is 1.00. The maximum Gasteiger partial charge on any atom is 0.0125 e. The summed E-state index contributed by atoms with van der Waals surface area (Å²) in [6.45, 7) is 12.5. The van der Waals surface area contributed by atoms with Gasteiger partial charge in [-0.3, -0.25) is 4.90 Å². The average molecular weight is 264 g/mol. The molecule has 0 bridgehead atoms. The van der Waals surface area contributed by atoms with E-state index in [2.05, 4.69) is 30.6 Å². The SMILES string of the molecule is CC(C)(C)N1CCC2(CCN(C3CCC3)CC2)CC1. The van der Waals surface area contributed by atoms with Crippen LogP contribution in [0.2, 0.25) is 0 Å². The van der Waals surface area contributed by atoms with Gasteiger partial charge in [-0.1, -0.05) is 6.42 Å². The average Bonchev–Trinajstić information content (AvgIpc) is 2.30. The molecule has 2 saturated heterocycles. The molecule has 2 heterocycles. The van der Waals surface area contributed by atoms with Crippen molar-refractivity contribution in [3.63, 3.8) is 0 Å². The predicted molar refractivity (Wildman–Crippen MR) is 81.4 cm³/mol. The van der Waals surface area contributed by atoms with E-state index in [1.807, 2.05) is 0 Å². The minimum atomic E-state index is 0.369. The zero-order valence-electron chi connectivity index (χ0n) is 13.2. The molecule has 3 fully saturated rings. The van der Waals surface area contributed by atoms with Gasteiger partial charge in [0.2, 0.25) is 0 Å². The number of likely N-dealkylation sites (tertiary alicyclic amines) is 2. The van der Waals surface area contributed by atoms with Gasteiger partial charge in [0.15, 0.2) is 0 Å². The largest absolute Gasteiger partial charge is 0.300 e. The van der Waals surface area contributed by atoms with Gasteiger partial charge in [0.05, 0.1) is 0 Å². The zero-order valence-corrected chi connectivity index (χ0v) is 13.2. The first kappa shape index (κ1) is 13.9. The van der Waals surface area contributed by atoms with Crippen LogP contribution in [0.3, 0.4) is 0 Å². The van der Waals surface area contributed by atoms with Crippen molar-refractivity contribution in [1.82, 2.24) is 9.80 Å². The van der Waals surface area contributed by atoms with Crippen molar-refractivity contribution in [2.45, 2.75) is 77.3 Å². The molecule has 110 valence electrons. The molecule has 1 spiro atoms. The number of piperidine rings is 2. The molecule has 0 radical (unpaired) electrons. The van der Waals surface area contributed by atoms with Crippen molar-refractivity contribution in [2.75, 3.05) is 26.2 Å². The zero-order chi connectivity index (χ0) is 13.5. The second-order valence-corrected chi connectivity index (χ2v) is 8.28. The Labute approximate surface area is 119 Å². The molecule has 0 amide bonds. The maximum absolute atomic E-state index is 2.80. The standard InChI is InChI=1S/C17H32N2/c1-16(2,3)19-13-9-17(10-14-19)7-11-18(12-8-17)15-5-4-6-15/h15H,4-14H2,1-3H3. The van der Waals surface area contributed by atoms with E-state index in [0.29, 0.717) is 11.0 Å². The molecule has 0 aromatic rings. The number of rotatable bonds is 1. The third kappa shape index (κ3) is 2.85. The van der Waals surface area contributed by atoms with Crippen LogP contribution >= 0.6 is 0 Å². The molecule has 1 saturated carbocycles. The van der Waals surface area contributed by atoms with Crippen LogP contribution in [0.15, 0.2) is 0 Å². The van der Waals surface area contributed by atoms with E-state index in [-0.39, 0.29) is 0 Å². The minimum Gasteiger partial charge on any atom is -0.300 e. The Hall–Kier alpha value is -0.0800. The summed E-state index contributed by atoms with van der Waals surface area (Å²) < 4.78 is 0. The summed E-state index contributed by atoms with van der Waals surface area (Å²) in [5.74, 6) is 0. The van der Waals surface area contributed by atoms with Crippen molar-refractivity contribution < 1.29 is 0 Å². The van der Waals surface area contributed by atoms with Crippen LogP contribution in [0.4, 0.5) is 0 Å². The molecular formula is C17H32N2. The van der Waals surface area contributed by atoms with E-state index >= 15 is 0 Å². The number of hydrogen-bond acceptors (Lipinski definition) is 2. The summed E-state index contributed by atoms with van der Waals surface area (Å²) in [7, 11) is 0. The van der Waals surface area contributed by atoms with Gasteiger partial charge in [-0.25, -0.2) is 0 Å². The van der Waals surface area contributed by atoms with Gasteiger partial charge in [-0.2, -0.15) is 0 Å². The summed E-state index contributed by atoms with van der Waals surface area (Å²) in [5, 5.41) is 0. The topological polar surface area (TPSA) is 6.48 Å². The van der Waals surface area contributed by atoms with E-state index in [9.17, 15) is 0 Å². The molecule has 0 aromatic heterocycles. The Morgan fingerprint density at radius 2 is 1.37 bits per heavy atom. The predicted octanol–water partition coefficient (Wildman–Crippen LogP) is 3.52. The van der Waals surface area contributed by atoms with Gasteiger partial charge in [0, 0.05) is 11.6 Å². The highest BCUT2D eigenvalue weighted by molar-refractivity contribution is 4.95. The van der Waals surface area contributed by atoms with E-state index in [1.165, 1.54) is 71.1 Å². The van der Waals surface area contributed by atoms with Gasteiger partial charge in [-0.15, -0.1) is 0 Å². The van der Waals surface area contributed by atoms with Gasteiger partial charge in [-0.05, 0) is 90.9 Å². The smallest absolute Gasteiger partial charge is 0.0125 e. The molecule has 1 aliphatic carbocycles. The Morgan fingerprint density at radius 1 is 0.842 bits per heavy atom. The van der Waals surface area contributed by atoms with Crippen LogP contribution in [0.5, 0.6) is 0 Å². The second kappa shape index (κ2) is 5.04. The van der Waals surface area contributed by atoms with Crippen LogP contribution in [0, 0.1) is 5.41 Å². The molecule has 2 aliphatic heterocycles. The maximum atomic E-state index is 2.80. The monoisotopic (exact) mass is 264 g/mol. The molecule has 0 N–H and O–H groups in total. The first-order chi connectivity index (χ1) is 8.99. The lowest BCUT2D eigenvalue weighted by molar-refractivity contribution is -0.0147. The summed E-state index contributed by atoms with van der Waals surface area (Å²) in [5.41, 5.74) is 1.08. The van der Waals surface area contributed by atoms with Crippen molar-refractivity contribution in [3.05, 3.63) is 0 Å². The van der Waals surface area contributed by atoms with Crippen molar-refractivity contribution in [2.24, 2.45) is 5.41 Å². The number of nitrogens with zero attached hydrogens (tertiary/aromatic N) is 2. The lowest BCUT2D eigenvalue weighted by Crippen LogP contribution is -2.53. The third-order valence-corrected chi connectivity index (χ3v) is 6.22. The van der Waals surface area contributed by atoms with Crippen LogP contribution in [0.25, 0.3) is 0 Å². The molecule has 19 heavy (non-hydrogen) atoms. The van der Waals surface area contributed by atoms with E-state index in [0.717, 1.165) is 6.04 Å². The molecule has 0 unspecified atom stereocenters. The van der Waals surface area contributed by atoms with Gasteiger partial charge >= 0.3 is 0 Å². The first-order valence-corrected chi connectivity index (χ1v) is 8.48. The molecular weight excluding hydrogens is 232 g/mol. The third-order valence-electron chi connectivity index (χ3n) is 6.22. The highest BCUT2D eigenvalue weighted by atomic mass is 15.2. The van der Waals surface area contributed by atoms with Gasteiger partial charge in [0.1, 0.15) is 0 Å². The fourth-order valence-electron chi connectivity index (χ4n) is 4.27. The fourth-order valence-corrected chi connectivity index (χ4v) is 4.27. The van der Waals surface area contributed by atoms with Crippen LogP contribution in [-0.4, -0.2) is 47.6 Å². The van der Waals surface area contributed by atoms with Crippen molar-refractivity contribution in [3.8, 4) is 0 Å². The van der Waals surface area contributed by atoms with Crippen LogP contribution < -0.4 is 0 Å². The lowest BCUT2D eigenvalue weighted by atomic mass is 9.70. The summed E-state index contributed by atoms with van der Waals surface area (Å²) in [6, 6.07) is 0.965. The lowest BCUT2D eigenvalue weighted by Gasteiger charge is -2.51. The minimum absolute atomic E-state index is 0.369. The number of hydrogen-bond donors (Lipinski definition) is 0. The molecule has 3 rings (SSSR count). The molecule has 0 atom stereocenters. The molecule has 0 aromatic carbocycles. The highest BCUT2D eigenvalue weighted by Gasteiger charge is 2.41.